The predicted molar refractivity (Wildman–Crippen MR) is 237 cm³/mol. The fourth-order valence-electron chi connectivity index (χ4n) is 8.00. The average molecular weight is 715 g/mol. The first kappa shape index (κ1) is 33.2. The fraction of sp³-hybridized carbons (Fsp3) is 0. The summed E-state index contributed by atoms with van der Waals surface area (Å²) in [6.07, 6.45) is 0. The van der Waals surface area contributed by atoms with E-state index in [0.29, 0.717) is 0 Å². The Labute approximate surface area is 327 Å². The first-order valence-corrected chi connectivity index (χ1v) is 19.2. The van der Waals surface area contributed by atoms with Crippen LogP contribution in [0.5, 0.6) is 0 Å². The summed E-state index contributed by atoms with van der Waals surface area (Å²) in [4.78, 5) is 2.35. The van der Waals surface area contributed by atoms with Gasteiger partial charge in [0.05, 0.1) is 11.0 Å². The molecule has 0 spiro atoms. The Kier molecular flexibility index (Phi) is 8.55. The highest BCUT2D eigenvalue weighted by Gasteiger charge is 2.16. The smallest absolute Gasteiger partial charge is 0.0541 e. The van der Waals surface area contributed by atoms with Gasteiger partial charge in [-0.25, -0.2) is 0 Å². The van der Waals surface area contributed by atoms with Crippen LogP contribution in [-0.2, 0) is 0 Å². The van der Waals surface area contributed by atoms with Gasteiger partial charge in [0.2, 0.25) is 0 Å². The molecule has 0 saturated heterocycles. The maximum absolute atomic E-state index is 2.37. The lowest BCUT2D eigenvalue weighted by Gasteiger charge is -2.26. The summed E-state index contributed by atoms with van der Waals surface area (Å²) in [5, 5.41) is 2.52. The first-order chi connectivity index (χ1) is 27.8. The maximum atomic E-state index is 2.37. The van der Waals surface area contributed by atoms with Crippen LogP contribution < -0.4 is 4.90 Å². The van der Waals surface area contributed by atoms with Gasteiger partial charge < -0.3 is 9.47 Å². The van der Waals surface area contributed by atoms with E-state index in [2.05, 4.69) is 240 Å². The number of para-hydroxylation sites is 2. The molecular weight excluding hydrogens is 677 g/mol. The van der Waals surface area contributed by atoms with Gasteiger partial charge in [0.1, 0.15) is 0 Å². The van der Waals surface area contributed by atoms with Gasteiger partial charge in [0.15, 0.2) is 0 Å². The molecule has 0 radical (unpaired) electrons. The van der Waals surface area contributed by atoms with E-state index < -0.39 is 0 Å². The van der Waals surface area contributed by atoms with Crippen LogP contribution in [0.1, 0.15) is 0 Å². The molecule has 0 aliphatic carbocycles. The monoisotopic (exact) mass is 714 g/mol. The Morgan fingerprint density at radius 3 is 1.04 bits per heavy atom. The van der Waals surface area contributed by atoms with Gasteiger partial charge >= 0.3 is 0 Å². The van der Waals surface area contributed by atoms with Gasteiger partial charge in [0, 0.05) is 33.5 Å². The van der Waals surface area contributed by atoms with E-state index >= 15 is 0 Å². The zero-order valence-electron chi connectivity index (χ0n) is 30.8. The highest BCUT2D eigenvalue weighted by atomic mass is 15.1. The largest absolute Gasteiger partial charge is 0.311 e. The van der Waals surface area contributed by atoms with Crippen molar-refractivity contribution in [2.75, 3.05) is 4.90 Å². The van der Waals surface area contributed by atoms with Gasteiger partial charge in [-0.1, -0.05) is 164 Å². The molecule has 1 aromatic heterocycles. The van der Waals surface area contributed by atoms with Crippen LogP contribution in [0.2, 0.25) is 0 Å². The van der Waals surface area contributed by atoms with Gasteiger partial charge in [-0.15, -0.1) is 0 Å². The topological polar surface area (TPSA) is 8.17 Å². The van der Waals surface area contributed by atoms with E-state index in [4.69, 9.17) is 0 Å². The molecule has 2 nitrogen and oxygen atoms in total. The van der Waals surface area contributed by atoms with Crippen LogP contribution in [0.25, 0.3) is 72.0 Å². The Morgan fingerprint density at radius 2 is 0.571 bits per heavy atom. The molecule has 1 heterocycles. The van der Waals surface area contributed by atoms with Crippen LogP contribution in [0.3, 0.4) is 0 Å². The quantitative estimate of drug-likeness (QED) is 0.152. The minimum atomic E-state index is 1.09. The highest BCUT2D eigenvalue weighted by Crippen LogP contribution is 2.39. The number of fused-ring (bicyclic) bond motifs is 3. The average Bonchev–Trinajstić information content (AvgIpc) is 3.62. The fourth-order valence-corrected chi connectivity index (χ4v) is 8.00. The number of benzene rings is 9. The molecule has 10 rings (SSSR count). The van der Waals surface area contributed by atoms with Crippen molar-refractivity contribution in [3.63, 3.8) is 0 Å². The second-order valence-electron chi connectivity index (χ2n) is 14.2. The minimum Gasteiger partial charge on any atom is -0.311 e. The summed E-state index contributed by atoms with van der Waals surface area (Å²) in [6, 6.07) is 83.0. The van der Waals surface area contributed by atoms with Crippen molar-refractivity contribution in [1.29, 1.82) is 0 Å². The summed E-state index contributed by atoms with van der Waals surface area (Å²) >= 11 is 0. The van der Waals surface area contributed by atoms with Crippen molar-refractivity contribution < 1.29 is 0 Å². The van der Waals surface area contributed by atoms with E-state index in [-0.39, 0.29) is 0 Å². The molecule has 264 valence electrons. The zero-order chi connectivity index (χ0) is 37.3. The lowest BCUT2D eigenvalue weighted by molar-refractivity contribution is 1.17. The molecule has 0 fully saturated rings. The molecule has 0 amide bonds. The third-order valence-electron chi connectivity index (χ3n) is 10.8. The van der Waals surface area contributed by atoms with Crippen molar-refractivity contribution in [2.45, 2.75) is 0 Å². The van der Waals surface area contributed by atoms with Crippen LogP contribution >= 0.6 is 0 Å². The summed E-state index contributed by atoms with van der Waals surface area (Å²) in [7, 11) is 0. The van der Waals surface area contributed by atoms with Crippen molar-refractivity contribution in [3.05, 3.63) is 231 Å². The number of anilines is 3. The van der Waals surface area contributed by atoms with Crippen molar-refractivity contribution >= 4 is 38.9 Å². The van der Waals surface area contributed by atoms with Crippen LogP contribution in [0.4, 0.5) is 17.1 Å². The van der Waals surface area contributed by atoms with Crippen molar-refractivity contribution in [2.24, 2.45) is 0 Å². The Morgan fingerprint density at radius 1 is 0.250 bits per heavy atom. The molecule has 0 N–H and O–H groups in total. The molecule has 0 aliphatic rings. The lowest BCUT2D eigenvalue weighted by atomic mass is 9.98. The first-order valence-electron chi connectivity index (χ1n) is 19.2. The number of nitrogens with zero attached hydrogens (tertiary/aromatic N) is 2. The van der Waals surface area contributed by atoms with E-state index in [9.17, 15) is 0 Å². The lowest BCUT2D eigenvalue weighted by Crippen LogP contribution is -2.10. The van der Waals surface area contributed by atoms with Crippen LogP contribution in [-0.4, -0.2) is 4.57 Å². The predicted octanol–water partition coefficient (Wildman–Crippen LogP) is 14.9. The van der Waals surface area contributed by atoms with Crippen molar-refractivity contribution in [3.8, 4) is 50.2 Å². The Hall–Kier alpha value is -7.42. The van der Waals surface area contributed by atoms with E-state index in [0.717, 1.165) is 22.7 Å². The van der Waals surface area contributed by atoms with Gasteiger partial charge in [-0.2, -0.15) is 0 Å². The highest BCUT2D eigenvalue weighted by molar-refractivity contribution is 6.09. The van der Waals surface area contributed by atoms with Gasteiger partial charge in [-0.3, -0.25) is 0 Å². The molecule has 0 saturated carbocycles. The van der Waals surface area contributed by atoms with E-state index in [1.165, 1.54) is 66.3 Å². The molecule has 0 bridgehead atoms. The second-order valence-corrected chi connectivity index (χ2v) is 14.2. The SMILES string of the molecule is c1ccc(-c2ccc(-c3ccc(N(c4ccc(-c5cccc(-c6ccccc6)c5)cc4)c4ccc(-n5c6ccccc6c6ccccc65)cc4)cc3)cc2)cc1. The molecule has 0 atom stereocenters. The van der Waals surface area contributed by atoms with Crippen LogP contribution in [0.15, 0.2) is 231 Å². The standard InChI is InChI=1S/C54H38N2/c1-3-12-39(13-4-1)41-22-24-42(25-23-41)43-26-30-47(31-27-43)55(48-32-28-44(29-33-48)46-17-11-16-45(38-46)40-14-5-2-6-15-40)49-34-36-50(37-35-49)56-53-20-9-7-18-51(53)52-19-8-10-21-54(52)56/h1-38H. The maximum Gasteiger partial charge on any atom is 0.0541 e. The molecule has 0 aliphatic heterocycles. The Balaban J connectivity index is 1.02. The molecule has 9 aromatic carbocycles. The number of aromatic nitrogens is 1. The number of rotatable bonds is 8. The zero-order valence-corrected chi connectivity index (χ0v) is 30.8. The van der Waals surface area contributed by atoms with Gasteiger partial charge in [0.25, 0.3) is 0 Å². The van der Waals surface area contributed by atoms with Crippen LogP contribution in [0, 0.1) is 0 Å². The summed E-state index contributed by atoms with van der Waals surface area (Å²) in [6.45, 7) is 0. The van der Waals surface area contributed by atoms with E-state index in [1.54, 1.807) is 0 Å². The molecular formula is C54H38N2. The Bertz CT molecular complexity index is 2850. The van der Waals surface area contributed by atoms with E-state index in [1.807, 2.05) is 0 Å². The number of hydrogen-bond donors (Lipinski definition) is 0. The molecule has 0 unspecified atom stereocenters. The third-order valence-corrected chi connectivity index (χ3v) is 10.8. The second kappa shape index (κ2) is 14.4. The molecule has 2 heteroatoms. The van der Waals surface area contributed by atoms with Crippen molar-refractivity contribution in [1.82, 2.24) is 4.57 Å². The third kappa shape index (κ3) is 6.24. The minimum absolute atomic E-state index is 1.09. The summed E-state index contributed by atoms with van der Waals surface area (Å²) in [5.74, 6) is 0. The number of hydrogen-bond acceptors (Lipinski definition) is 1. The summed E-state index contributed by atoms with van der Waals surface area (Å²) in [5.41, 5.74) is 16.5. The van der Waals surface area contributed by atoms with Gasteiger partial charge in [-0.05, 0) is 111 Å². The molecule has 10 aromatic rings. The molecule has 56 heavy (non-hydrogen) atoms. The summed E-state index contributed by atoms with van der Waals surface area (Å²) < 4.78 is 2.37. The normalized spacial score (nSPS) is 11.2.